The summed E-state index contributed by atoms with van der Waals surface area (Å²) in [6.45, 7) is 5.34. The molecule has 1 aliphatic rings. The smallest absolute Gasteiger partial charge is 0.257 e. The van der Waals surface area contributed by atoms with Gasteiger partial charge in [0.15, 0.2) is 0 Å². The molecule has 0 radical (unpaired) electrons. The first-order valence-corrected chi connectivity index (χ1v) is 5.55. The highest BCUT2D eigenvalue weighted by molar-refractivity contribution is 5.36. The zero-order valence-electron chi connectivity index (χ0n) is 10.0. The summed E-state index contributed by atoms with van der Waals surface area (Å²) < 4.78 is 1.61. The molecule has 1 aromatic rings. The Kier molecular flexibility index (Phi) is 2.71. The van der Waals surface area contributed by atoms with E-state index < -0.39 is 0 Å². The summed E-state index contributed by atoms with van der Waals surface area (Å²) in [6, 6.07) is 0.193. The SMILES string of the molecule is Cc1nc(N2CC[C@@H](N)C2)n(C)c(=O)c1C. The lowest BCUT2D eigenvalue weighted by molar-refractivity contribution is 0.729. The number of anilines is 1. The Bertz CT molecular complexity index is 466. The van der Waals surface area contributed by atoms with Crippen LogP contribution >= 0.6 is 0 Å². The highest BCUT2D eigenvalue weighted by Gasteiger charge is 2.23. The number of hydrogen-bond acceptors (Lipinski definition) is 4. The third kappa shape index (κ3) is 1.71. The lowest BCUT2D eigenvalue weighted by Crippen LogP contribution is -2.33. The van der Waals surface area contributed by atoms with Crippen LogP contribution in [0.5, 0.6) is 0 Å². The molecule has 16 heavy (non-hydrogen) atoms. The zero-order valence-corrected chi connectivity index (χ0v) is 10.0. The topological polar surface area (TPSA) is 64.2 Å². The third-order valence-corrected chi connectivity index (χ3v) is 3.24. The summed E-state index contributed by atoms with van der Waals surface area (Å²) in [4.78, 5) is 18.5. The van der Waals surface area contributed by atoms with Crippen molar-refractivity contribution < 1.29 is 0 Å². The van der Waals surface area contributed by atoms with Crippen LogP contribution < -0.4 is 16.2 Å². The summed E-state index contributed by atoms with van der Waals surface area (Å²) in [6.07, 6.45) is 0.961. The van der Waals surface area contributed by atoms with E-state index in [0.29, 0.717) is 0 Å². The number of nitrogens with two attached hydrogens (primary N) is 1. The van der Waals surface area contributed by atoms with E-state index in [1.54, 1.807) is 11.6 Å². The van der Waals surface area contributed by atoms with Crippen LogP contribution in [-0.4, -0.2) is 28.7 Å². The van der Waals surface area contributed by atoms with E-state index in [9.17, 15) is 4.79 Å². The fourth-order valence-electron chi connectivity index (χ4n) is 2.06. The van der Waals surface area contributed by atoms with Gasteiger partial charge in [-0.2, -0.15) is 0 Å². The molecule has 1 fully saturated rings. The van der Waals surface area contributed by atoms with Gasteiger partial charge in [0.05, 0.1) is 0 Å². The van der Waals surface area contributed by atoms with Crippen molar-refractivity contribution in [2.75, 3.05) is 18.0 Å². The molecule has 0 aromatic carbocycles. The Morgan fingerprint density at radius 2 is 2.12 bits per heavy atom. The van der Waals surface area contributed by atoms with Gasteiger partial charge in [0.25, 0.3) is 5.56 Å². The van der Waals surface area contributed by atoms with Crippen LogP contribution in [-0.2, 0) is 7.05 Å². The second kappa shape index (κ2) is 3.90. The summed E-state index contributed by atoms with van der Waals surface area (Å²) in [7, 11) is 1.76. The van der Waals surface area contributed by atoms with E-state index >= 15 is 0 Å². The van der Waals surface area contributed by atoms with Crippen molar-refractivity contribution in [3.8, 4) is 0 Å². The molecule has 2 N–H and O–H groups in total. The molecule has 0 spiro atoms. The van der Waals surface area contributed by atoms with Crippen molar-refractivity contribution in [2.45, 2.75) is 26.3 Å². The number of rotatable bonds is 1. The van der Waals surface area contributed by atoms with E-state index in [-0.39, 0.29) is 11.6 Å². The highest BCUT2D eigenvalue weighted by atomic mass is 16.1. The Labute approximate surface area is 94.9 Å². The van der Waals surface area contributed by atoms with E-state index in [0.717, 1.165) is 36.7 Å². The van der Waals surface area contributed by atoms with Gasteiger partial charge >= 0.3 is 0 Å². The van der Waals surface area contributed by atoms with Crippen LogP contribution in [0.3, 0.4) is 0 Å². The fourth-order valence-corrected chi connectivity index (χ4v) is 2.06. The fraction of sp³-hybridized carbons (Fsp3) is 0.636. The van der Waals surface area contributed by atoms with E-state index in [1.165, 1.54) is 0 Å². The minimum absolute atomic E-state index is 0.0305. The van der Waals surface area contributed by atoms with Gasteiger partial charge in [-0.1, -0.05) is 0 Å². The monoisotopic (exact) mass is 222 g/mol. The first-order valence-electron chi connectivity index (χ1n) is 5.55. The van der Waals surface area contributed by atoms with Crippen molar-refractivity contribution in [3.63, 3.8) is 0 Å². The molecule has 0 amide bonds. The summed E-state index contributed by atoms with van der Waals surface area (Å²) >= 11 is 0. The van der Waals surface area contributed by atoms with Crippen LogP contribution in [0.2, 0.25) is 0 Å². The number of aryl methyl sites for hydroxylation is 1. The van der Waals surface area contributed by atoms with Crippen molar-refractivity contribution in [3.05, 3.63) is 21.6 Å². The predicted molar refractivity (Wildman–Crippen MR) is 63.8 cm³/mol. The second-order valence-electron chi connectivity index (χ2n) is 4.48. The molecule has 0 unspecified atom stereocenters. The first-order chi connectivity index (χ1) is 7.50. The quantitative estimate of drug-likeness (QED) is 0.722. The molecule has 1 aliphatic heterocycles. The molecular formula is C11H18N4O. The van der Waals surface area contributed by atoms with Crippen LogP contribution in [0.15, 0.2) is 4.79 Å². The van der Waals surface area contributed by atoms with Crippen LogP contribution in [0.1, 0.15) is 17.7 Å². The van der Waals surface area contributed by atoms with Gasteiger partial charge in [-0.3, -0.25) is 9.36 Å². The molecule has 0 aliphatic carbocycles. The van der Waals surface area contributed by atoms with E-state index in [4.69, 9.17) is 5.73 Å². The van der Waals surface area contributed by atoms with Gasteiger partial charge in [-0.25, -0.2) is 4.98 Å². The summed E-state index contributed by atoms with van der Waals surface area (Å²) in [5, 5.41) is 0. The lowest BCUT2D eigenvalue weighted by atomic mass is 10.3. The molecular weight excluding hydrogens is 204 g/mol. The number of aromatic nitrogens is 2. The molecule has 2 heterocycles. The number of hydrogen-bond donors (Lipinski definition) is 1. The maximum absolute atomic E-state index is 11.9. The van der Waals surface area contributed by atoms with Gasteiger partial charge in [-0.15, -0.1) is 0 Å². The Balaban J connectivity index is 2.46. The average Bonchev–Trinajstić information content (AvgIpc) is 2.67. The minimum atomic E-state index is 0.0305. The van der Waals surface area contributed by atoms with Gasteiger partial charge in [0.1, 0.15) is 0 Å². The minimum Gasteiger partial charge on any atom is -0.341 e. The van der Waals surface area contributed by atoms with Crippen molar-refractivity contribution in [1.82, 2.24) is 9.55 Å². The maximum Gasteiger partial charge on any atom is 0.257 e. The lowest BCUT2D eigenvalue weighted by Gasteiger charge is -2.20. The predicted octanol–water partition coefficient (Wildman–Crippen LogP) is -0.0655. The molecule has 2 rings (SSSR count). The molecule has 0 saturated carbocycles. The second-order valence-corrected chi connectivity index (χ2v) is 4.48. The highest BCUT2D eigenvalue weighted by Crippen LogP contribution is 2.16. The Morgan fingerprint density at radius 1 is 1.44 bits per heavy atom. The van der Waals surface area contributed by atoms with Gasteiger partial charge in [0.2, 0.25) is 5.95 Å². The Morgan fingerprint density at radius 3 is 2.69 bits per heavy atom. The summed E-state index contributed by atoms with van der Waals surface area (Å²) in [5.41, 5.74) is 7.41. The normalized spacial score (nSPS) is 20.5. The first kappa shape index (κ1) is 11.1. The van der Waals surface area contributed by atoms with E-state index in [1.807, 2.05) is 13.8 Å². The largest absolute Gasteiger partial charge is 0.341 e. The van der Waals surface area contributed by atoms with Crippen molar-refractivity contribution in [1.29, 1.82) is 0 Å². The molecule has 1 atom stereocenters. The van der Waals surface area contributed by atoms with E-state index in [2.05, 4.69) is 9.88 Å². The number of nitrogens with zero attached hydrogens (tertiary/aromatic N) is 3. The van der Waals surface area contributed by atoms with Gasteiger partial charge in [-0.05, 0) is 20.3 Å². The third-order valence-electron chi connectivity index (χ3n) is 3.24. The molecule has 0 bridgehead atoms. The molecule has 1 aromatic heterocycles. The molecule has 5 heteroatoms. The van der Waals surface area contributed by atoms with Crippen LogP contribution in [0, 0.1) is 13.8 Å². The van der Waals surface area contributed by atoms with Crippen molar-refractivity contribution >= 4 is 5.95 Å². The maximum atomic E-state index is 11.9. The standard InChI is InChI=1S/C11H18N4O/c1-7-8(2)13-11(14(3)10(7)16)15-5-4-9(12)6-15/h9H,4-6,12H2,1-3H3/t9-/m1/s1. The average molecular weight is 222 g/mol. The molecule has 5 nitrogen and oxygen atoms in total. The van der Waals surface area contributed by atoms with Gasteiger partial charge < -0.3 is 10.6 Å². The molecule has 88 valence electrons. The van der Waals surface area contributed by atoms with Crippen LogP contribution in [0.4, 0.5) is 5.95 Å². The summed E-state index contributed by atoms with van der Waals surface area (Å²) in [5.74, 6) is 0.737. The zero-order chi connectivity index (χ0) is 11.9. The molecule has 1 saturated heterocycles. The van der Waals surface area contributed by atoms with Crippen LogP contribution in [0.25, 0.3) is 0 Å². The van der Waals surface area contributed by atoms with Gasteiger partial charge in [0, 0.05) is 37.4 Å². The Hall–Kier alpha value is -1.36. The van der Waals surface area contributed by atoms with Crippen molar-refractivity contribution in [2.24, 2.45) is 12.8 Å².